The lowest BCUT2D eigenvalue weighted by molar-refractivity contribution is -0.176. The van der Waals surface area contributed by atoms with Crippen LogP contribution in [0.15, 0.2) is 37.0 Å². The van der Waals surface area contributed by atoms with Crippen molar-refractivity contribution in [1.82, 2.24) is 0 Å². The average molecular weight is 379 g/mol. The molecule has 0 amide bonds. The van der Waals surface area contributed by atoms with Gasteiger partial charge in [-0.25, -0.2) is 0 Å². The van der Waals surface area contributed by atoms with E-state index in [0.717, 1.165) is 25.7 Å². The van der Waals surface area contributed by atoms with Gasteiger partial charge in [0.1, 0.15) is 0 Å². The molecule has 0 unspecified atom stereocenters. The first-order valence-corrected chi connectivity index (χ1v) is 9.95. The number of unbranched alkanes of at least 4 members (excludes halogenated alkanes) is 1. The molecular weight excluding hydrogens is 344 g/mol. The van der Waals surface area contributed by atoms with Crippen molar-refractivity contribution < 1.29 is 24.2 Å². The van der Waals surface area contributed by atoms with E-state index in [9.17, 15) is 9.59 Å². The zero-order chi connectivity index (χ0) is 20.1. The highest BCUT2D eigenvalue weighted by Crippen LogP contribution is 2.46. The number of allylic oxidation sites excluding steroid dienone is 5. The van der Waals surface area contributed by atoms with E-state index < -0.39 is 17.4 Å². The van der Waals surface area contributed by atoms with Crippen molar-refractivity contribution in [2.45, 2.75) is 52.4 Å². The Morgan fingerprint density at radius 2 is 1.85 bits per heavy atom. The van der Waals surface area contributed by atoms with Crippen LogP contribution < -0.4 is 0 Å². The van der Waals surface area contributed by atoms with Gasteiger partial charge in [-0.1, -0.05) is 30.4 Å². The molecule has 0 aliphatic heterocycles. The zero-order valence-electron chi connectivity index (χ0n) is 16.7. The van der Waals surface area contributed by atoms with Gasteiger partial charge in [0, 0.05) is 6.61 Å². The first-order chi connectivity index (χ1) is 13.1. The first kappa shape index (κ1) is 23.2. The first-order valence-electron chi connectivity index (χ1n) is 9.95. The van der Waals surface area contributed by atoms with Crippen LogP contribution in [-0.4, -0.2) is 36.9 Å². The average Bonchev–Trinajstić information content (AvgIpc) is 2.66. The van der Waals surface area contributed by atoms with Gasteiger partial charge in [-0.05, 0) is 64.2 Å². The lowest BCUT2D eigenvalue weighted by atomic mass is 9.64. The van der Waals surface area contributed by atoms with Crippen LogP contribution in [0, 0.1) is 17.3 Å². The van der Waals surface area contributed by atoms with Crippen LogP contribution in [0.3, 0.4) is 0 Å². The number of carbonyl (C=O) groups excluding carboxylic acids is 2. The smallest absolute Gasteiger partial charge is 0.323 e. The van der Waals surface area contributed by atoms with E-state index in [0.29, 0.717) is 18.8 Å². The highest BCUT2D eigenvalue weighted by atomic mass is 16.6. The lowest BCUT2D eigenvalue weighted by Gasteiger charge is -2.40. The highest BCUT2D eigenvalue weighted by molar-refractivity contribution is 6.00. The van der Waals surface area contributed by atoms with Gasteiger partial charge in [0.05, 0.1) is 13.2 Å². The van der Waals surface area contributed by atoms with E-state index in [-0.39, 0.29) is 25.7 Å². The Hall–Kier alpha value is -1.88. The van der Waals surface area contributed by atoms with Crippen molar-refractivity contribution in [2.24, 2.45) is 17.3 Å². The molecule has 2 atom stereocenters. The van der Waals surface area contributed by atoms with Crippen molar-refractivity contribution in [3.63, 3.8) is 0 Å². The molecule has 0 aromatic rings. The van der Waals surface area contributed by atoms with Gasteiger partial charge in [-0.15, -0.1) is 6.58 Å². The Morgan fingerprint density at radius 1 is 1.19 bits per heavy atom. The van der Waals surface area contributed by atoms with Gasteiger partial charge < -0.3 is 14.6 Å². The molecule has 5 nitrogen and oxygen atoms in total. The SMILES string of the molecule is C=CC[C@@H]1CCC(C(=O)OCC)(C(=O)OCC)C[C@H]1/C=C/C=C/CCCO. The molecule has 0 aromatic heterocycles. The summed E-state index contributed by atoms with van der Waals surface area (Å²) in [6.07, 6.45) is 13.8. The number of hydrogen-bond donors (Lipinski definition) is 1. The van der Waals surface area contributed by atoms with Crippen LogP contribution >= 0.6 is 0 Å². The fourth-order valence-corrected chi connectivity index (χ4v) is 3.63. The summed E-state index contributed by atoms with van der Waals surface area (Å²) >= 11 is 0. The number of aliphatic hydroxyl groups is 1. The molecule has 0 radical (unpaired) electrons. The highest BCUT2D eigenvalue weighted by Gasteiger charge is 2.53. The van der Waals surface area contributed by atoms with Gasteiger partial charge in [-0.2, -0.15) is 0 Å². The van der Waals surface area contributed by atoms with E-state index in [1.165, 1.54) is 0 Å². The molecule has 1 rings (SSSR count). The van der Waals surface area contributed by atoms with Gasteiger partial charge in [-0.3, -0.25) is 9.59 Å². The molecule has 5 heteroatoms. The topological polar surface area (TPSA) is 72.8 Å². The molecule has 0 bridgehead atoms. The molecule has 1 saturated carbocycles. The van der Waals surface area contributed by atoms with E-state index in [4.69, 9.17) is 14.6 Å². The summed E-state index contributed by atoms with van der Waals surface area (Å²) in [5, 5.41) is 8.82. The molecule has 0 aromatic carbocycles. The number of carbonyl (C=O) groups is 2. The summed E-state index contributed by atoms with van der Waals surface area (Å²) in [6.45, 7) is 7.99. The maximum Gasteiger partial charge on any atom is 0.323 e. The van der Waals surface area contributed by atoms with Crippen LogP contribution in [0.25, 0.3) is 0 Å². The monoisotopic (exact) mass is 378 g/mol. The van der Waals surface area contributed by atoms with Gasteiger partial charge in [0.15, 0.2) is 5.41 Å². The molecule has 0 spiro atoms. The third kappa shape index (κ3) is 6.65. The molecule has 152 valence electrons. The maximum absolute atomic E-state index is 12.7. The van der Waals surface area contributed by atoms with Crippen molar-refractivity contribution in [1.29, 1.82) is 0 Å². The molecule has 0 saturated heterocycles. The summed E-state index contributed by atoms with van der Waals surface area (Å²) in [6, 6.07) is 0. The number of esters is 2. The summed E-state index contributed by atoms with van der Waals surface area (Å²) in [5.74, 6) is -0.551. The number of aliphatic hydroxyl groups excluding tert-OH is 1. The summed E-state index contributed by atoms with van der Waals surface area (Å²) in [7, 11) is 0. The minimum absolute atomic E-state index is 0.0630. The second kappa shape index (κ2) is 12.5. The van der Waals surface area contributed by atoms with Crippen LogP contribution in [0.2, 0.25) is 0 Å². The Labute approximate surface area is 163 Å². The van der Waals surface area contributed by atoms with E-state index in [1.807, 2.05) is 24.3 Å². The predicted octanol–water partition coefficient (Wildman–Crippen LogP) is 3.98. The van der Waals surface area contributed by atoms with Gasteiger partial charge in [0.2, 0.25) is 0 Å². The number of rotatable bonds is 11. The Morgan fingerprint density at radius 3 is 2.41 bits per heavy atom. The summed E-state index contributed by atoms with van der Waals surface area (Å²) in [5.41, 5.74) is -1.22. The van der Waals surface area contributed by atoms with Crippen LogP contribution in [-0.2, 0) is 19.1 Å². The Bertz CT molecular complexity index is 517. The second-order valence-electron chi connectivity index (χ2n) is 6.89. The molecule has 1 N–H and O–H groups in total. The Kier molecular flexibility index (Phi) is 10.7. The molecule has 1 fully saturated rings. The second-order valence-corrected chi connectivity index (χ2v) is 6.89. The maximum atomic E-state index is 12.7. The fraction of sp³-hybridized carbons (Fsp3) is 0.636. The largest absolute Gasteiger partial charge is 0.465 e. The Balaban J connectivity index is 3.02. The van der Waals surface area contributed by atoms with Crippen molar-refractivity contribution in [2.75, 3.05) is 19.8 Å². The standard InChI is InChI=1S/C22H34O5/c1-4-12-18-14-15-22(20(24)26-5-2,21(25)27-6-3)17-19(18)13-10-8-7-9-11-16-23/h4,7-8,10,13,18-19,23H,1,5-6,9,11-12,14-17H2,2-3H3/b8-7+,13-10+/t18-,19-/m1/s1. The van der Waals surface area contributed by atoms with E-state index in [2.05, 4.69) is 12.7 Å². The zero-order valence-corrected chi connectivity index (χ0v) is 16.7. The molecule has 1 aliphatic carbocycles. The third-order valence-electron chi connectivity index (χ3n) is 5.07. The van der Waals surface area contributed by atoms with Crippen LogP contribution in [0.1, 0.15) is 52.4 Å². The quantitative estimate of drug-likeness (QED) is 0.194. The molecule has 0 heterocycles. The molecule has 1 aliphatic rings. The van der Waals surface area contributed by atoms with Gasteiger partial charge in [0.25, 0.3) is 0 Å². The molecule has 27 heavy (non-hydrogen) atoms. The fourth-order valence-electron chi connectivity index (χ4n) is 3.63. The van der Waals surface area contributed by atoms with Crippen molar-refractivity contribution >= 4 is 11.9 Å². The van der Waals surface area contributed by atoms with Crippen LogP contribution in [0.4, 0.5) is 0 Å². The normalized spacial score (nSPS) is 22.0. The predicted molar refractivity (Wildman–Crippen MR) is 106 cm³/mol. The minimum atomic E-state index is -1.22. The lowest BCUT2D eigenvalue weighted by Crippen LogP contribution is -2.47. The number of ether oxygens (including phenoxy) is 2. The van der Waals surface area contributed by atoms with Crippen molar-refractivity contribution in [3.8, 4) is 0 Å². The minimum Gasteiger partial charge on any atom is -0.465 e. The summed E-state index contributed by atoms with van der Waals surface area (Å²) < 4.78 is 10.5. The van der Waals surface area contributed by atoms with E-state index in [1.54, 1.807) is 13.8 Å². The van der Waals surface area contributed by atoms with E-state index >= 15 is 0 Å². The third-order valence-corrected chi connectivity index (χ3v) is 5.07. The van der Waals surface area contributed by atoms with Crippen molar-refractivity contribution in [3.05, 3.63) is 37.0 Å². The van der Waals surface area contributed by atoms with Gasteiger partial charge >= 0.3 is 11.9 Å². The number of hydrogen-bond acceptors (Lipinski definition) is 5. The van der Waals surface area contributed by atoms with Crippen LogP contribution in [0.5, 0.6) is 0 Å². The molecular formula is C22H34O5. The summed E-state index contributed by atoms with van der Waals surface area (Å²) in [4.78, 5) is 25.4.